The average molecular weight is 761 g/mol. The Hall–Kier alpha value is -6.67. The first-order chi connectivity index (χ1) is 28.3. The normalized spacial score (nSPS) is 14.3. The van der Waals surface area contributed by atoms with Crippen LogP contribution in [0.25, 0.3) is 11.0 Å². The van der Waals surface area contributed by atoms with E-state index in [1.165, 1.54) is 58.3 Å². The maximum Gasteiger partial charge on any atom is 0.246 e. The van der Waals surface area contributed by atoms with Gasteiger partial charge in [-0.2, -0.15) is 0 Å². The smallest absolute Gasteiger partial charge is 0.246 e. The lowest BCUT2D eigenvalue weighted by Gasteiger charge is -2.49. The second kappa shape index (κ2) is 12.7. The lowest BCUT2D eigenvalue weighted by atomic mass is 9.34. The summed E-state index contributed by atoms with van der Waals surface area (Å²) in [6.07, 6.45) is 3.60. The number of nitrogens with zero attached hydrogens (tertiary/aromatic N) is 4. The second-order valence-electron chi connectivity index (χ2n) is 14.9. The van der Waals surface area contributed by atoms with E-state index >= 15 is 0 Å². The van der Waals surface area contributed by atoms with Crippen LogP contribution in [0.4, 0.5) is 34.1 Å². The molecule has 12 rings (SSSR count). The molecule has 0 bridgehead atoms. The van der Waals surface area contributed by atoms with Gasteiger partial charge in [0.05, 0.1) is 33.2 Å². The molecule has 3 aliphatic heterocycles. The van der Waals surface area contributed by atoms with Crippen molar-refractivity contribution < 1.29 is 0 Å². The zero-order chi connectivity index (χ0) is 37.5. The molecule has 266 valence electrons. The summed E-state index contributed by atoms with van der Waals surface area (Å²) in [6.45, 7) is 0.0374. The fraction of sp³-hybridized carbons (Fsp3) is 0. The number of aromatic nitrogens is 2. The second-order valence-corrected chi connectivity index (χ2v) is 19.7. The van der Waals surface area contributed by atoms with Crippen LogP contribution in [0.5, 0.6) is 0 Å². The van der Waals surface area contributed by atoms with Crippen molar-refractivity contribution >= 4 is 109 Å². The molecule has 0 fully saturated rings. The molecule has 57 heavy (non-hydrogen) atoms. The summed E-state index contributed by atoms with van der Waals surface area (Å²) in [7, 11) is -3.01. The Morgan fingerprint density at radius 2 is 1.09 bits per heavy atom. The summed E-state index contributed by atoms with van der Waals surface area (Å²) < 4.78 is 0. The molecule has 0 radical (unpaired) electrons. The zero-order valence-electron chi connectivity index (χ0n) is 30.8. The van der Waals surface area contributed by atoms with Crippen LogP contribution in [0.15, 0.2) is 210 Å². The van der Waals surface area contributed by atoms with Gasteiger partial charge in [-0.15, -0.1) is 0 Å². The first-order valence-electron chi connectivity index (χ1n) is 19.4. The predicted molar refractivity (Wildman–Crippen MR) is 241 cm³/mol. The van der Waals surface area contributed by atoms with Gasteiger partial charge in [0.25, 0.3) is 0 Å². The van der Waals surface area contributed by atoms with Gasteiger partial charge in [-0.05, 0) is 80.2 Å². The lowest BCUT2D eigenvalue weighted by molar-refractivity contribution is 1.15. The van der Waals surface area contributed by atoms with Crippen LogP contribution in [0.3, 0.4) is 0 Å². The van der Waals surface area contributed by atoms with Gasteiger partial charge in [-0.1, -0.05) is 157 Å². The summed E-state index contributed by atoms with van der Waals surface area (Å²) in [5, 5.41) is 5.62. The largest absolute Gasteiger partial charge is 0.310 e. The van der Waals surface area contributed by atoms with Crippen molar-refractivity contribution in [2.24, 2.45) is 0 Å². The van der Waals surface area contributed by atoms with Crippen molar-refractivity contribution in [3.05, 3.63) is 200 Å². The van der Waals surface area contributed by atoms with E-state index in [0.717, 1.165) is 33.8 Å². The van der Waals surface area contributed by atoms with E-state index in [4.69, 9.17) is 9.97 Å². The van der Waals surface area contributed by atoms with E-state index < -0.39 is 8.07 Å². The van der Waals surface area contributed by atoms with Crippen molar-refractivity contribution in [3.63, 3.8) is 0 Å². The molecule has 0 saturated carbocycles. The third-order valence-electron chi connectivity index (χ3n) is 12.1. The van der Waals surface area contributed by atoms with E-state index in [9.17, 15) is 0 Å². The fourth-order valence-corrected chi connectivity index (χ4v) is 16.4. The highest BCUT2D eigenvalue weighted by molar-refractivity contribution is 8.00. The minimum Gasteiger partial charge on any atom is -0.310 e. The summed E-state index contributed by atoms with van der Waals surface area (Å²) >= 11 is 1.89. The fourth-order valence-electron chi connectivity index (χ4n) is 9.91. The van der Waals surface area contributed by atoms with Gasteiger partial charge >= 0.3 is 0 Å². The van der Waals surface area contributed by atoms with E-state index in [-0.39, 0.29) is 6.71 Å². The maximum absolute atomic E-state index is 4.99. The number of rotatable bonds is 4. The molecule has 9 aromatic rings. The monoisotopic (exact) mass is 760 g/mol. The third-order valence-corrected chi connectivity index (χ3v) is 18.1. The Bertz CT molecular complexity index is 2990. The van der Waals surface area contributed by atoms with Crippen LogP contribution in [-0.2, 0) is 0 Å². The van der Waals surface area contributed by atoms with Crippen molar-refractivity contribution in [3.8, 4) is 0 Å². The highest BCUT2D eigenvalue weighted by Crippen LogP contribution is 2.56. The van der Waals surface area contributed by atoms with Crippen LogP contribution in [0.1, 0.15) is 0 Å². The summed E-state index contributed by atoms with van der Waals surface area (Å²) in [5.74, 6) is 0. The quantitative estimate of drug-likeness (QED) is 0.173. The molecular formula is C50H33BN4SSi. The van der Waals surface area contributed by atoms with Crippen molar-refractivity contribution in [2.75, 3.05) is 9.80 Å². The van der Waals surface area contributed by atoms with Gasteiger partial charge < -0.3 is 9.80 Å². The molecule has 1 aromatic heterocycles. The van der Waals surface area contributed by atoms with Crippen LogP contribution >= 0.6 is 11.8 Å². The number of para-hydroxylation sites is 4. The zero-order valence-corrected chi connectivity index (χ0v) is 32.6. The van der Waals surface area contributed by atoms with Crippen molar-refractivity contribution in [1.29, 1.82) is 0 Å². The van der Waals surface area contributed by atoms with Gasteiger partial charge in [-0.25, -0.2) is 0 Å². The summed E-state index contributed by atoms with van der Waals surface area (Å²) in [6, 6.07) is 70.0. The van der Waals surface area contributed by atoms with Gasteiger partial charge in [-0.3, -0.25) is 9.97 Å². The van der Waals surface area contributed by atoms with Crippen LogP contribution in [0, 0.1) is 0 Å². The molecule has 8 aromatic carbocycles. The van der Waals surface area contributed by atoms with Gasteiger partial charge in [0, 0.05) is 28.7 Å². The van der Waals surface area contributed by atoms with E-state index in [2.05, 4.69) is 198 Å². The molecule has 0 aliphatic carbocycles. The SMILES string of the molecule is c1ccc(N2c3ccccc3B3c4ccccc4[Si](c4ccccc4)(c4ccccc4)c4cc5c(c2c43)Sc2ccccc2N5c2cccc3nccnc23)cc1. The molecule has 7 heteroatoms. The molecule has 0 N–H and O–H groups in total. The molecule has 0 unspecified atom stereocenters. The Labute approximate surface area is 337 Å². The molecule has 0 spiro atoms. The Balaban J connectivity index is 1.31. The minimum atomic E-state index is -3.01. The Morgan fingerprint density at radius 3 is 1.86 bits per heavy atom. The molecule has 3 aliphatic rings. The number of benzene rings is 8. The highest BCUT2D eigenvalue weighted by Gasteiger charge is 2.54. The topological polar surface area (TPSA) is 32.3 Å². The van der Waals surface area contributed by atoms with Gasteiger partial charge in [0.2, 0.25) is 6.71 Å². The molecular weight excluding hydrogens is 728 g/mol. The lowest BCUT2D eigenvalue weighted by Crippen LogP contribution is -2.87. The standard InChI is InChI=1S/C50H33BN4SSi/c1-4-17-34(18-5-1)54-40-26-12-10-23-37(40)51-38-24-11-15-30-45(38)57(35-19-6-2-7-20-35,36-21-8-3-9-22-36)46-33-43-50(49(54)47(46)51)56-44-29-14-13-27-41(44)55(43)42-28-16-25-39-48(42)53-32-31-52-39/h1-33H. The molecule has 0 amide bonds. The van der Waals surface area contributed by atoms with E-state index in [0.29, 0.717) is 0 Å². The molecule has 4 nitrogen and oxygen atoms in total. The van der Waals surface area contributed by atoms with Crippen molar-refractivity contribution in [2.45, 2.75) is 9.79 Å². The average Bonchev–Trinajstić information content (AvgIpc) is 3.29. The number of fused-ring (bicyclic) bond motifs is 8. The summed E-state index contributed by atoms with van der Waals surface area (Å²) in [4.78, 5) is 17.2. The third kappa shape index (κ3) is 4.58. The van der Waals surface area contributed by atoms with Crippen molar-refractivity contribution in [1.82, 2.24) is 9.97 Å². The van der Waals surface area contributed by atoms with Crippen LogP contribution < -0.4 is 46.9 Å². The maximum atomic E-state index is 4.99. The van der Waals surface area contributed by atoms with Crippen LogP contribution in [-0.4, -0.2) is 24.8 Å². The molecule has 4 heterocycles. The van der Waals surface area contributed by atoms with E-state index in [1.807, 2.05) is 18.0 Å². The predicted octanol–water partition coefficient (Wildman–Crippen LogP) is 7.55. The number of hydrogen-bond acceptors (Lipinski definition) is 5. The Morgan fingerprint density at radius 1 is 0.474 bits per heavy atom. The molecule has 0 atom stereocenters. The number of hydrogen-bond donors (Lipinski definition) is 0. The first kappa shape index (κ1) is 32.6. The van der Waals surface area contributed by atoms with Crippen LogP contribution in [0.2, 0.25) is 0 Å². The first-order valence-corrected chi connectivity index (χ1v) is 22.3. The Kier molecular flexibility index (Phi) is 7.24. The highest BCUT2D eigenvalue weighted by atomic mass is 32.2. The summed E-state index contributed by atoms with van der Waals surface area (Å²) in [5.41, 5.74) is 12.8. The molecule has 0 saturated heterocycles. The van der Waals surface area contributed by atoms with Gasteiger partial charge in [0.1, 0.15) is 5.52 Å². The van der Waals surface area contributed by atoms with Gasteiger partial charge in [0.15, 0.2) is 8.07 Å². The van der Waals surface area contributed by atoms with E-state index in [1.54, 1.807) is 6.20 Å². The minimum absolute atomic E-state index is 0.0374. The number of anilines is 6.